The summed E-state index contributed by atoms with van der Waals surface area (Å²) in [5.41, 5.74) is 0.883. The predicted molar refractivity (Wildman–Crippen MR) is 92.5 cm³/mol. The van der Waals surface area contributed by atoms with Crippen molar-refractivity contribution in [3.8, 4) is 16.3 Å². The third kappa shape index (κ3) is 4.55. The maximum Gasteiger partial charge on any atom is 0.323 e. The van der Waals surface area contributed by atoms with Gasteiger partial charge in [0.15, 0.2) is 0 Å². The monoisotopic (exact) mass is 348 g/mol. The summed E-state index contributed by atoms with van der Waals surface area (Å²) in [5.74, 6) is -0.397. The Kier molecular flexibility index (Phi) is 5.92. The van der Waals surface area contributed by atoms with E-state index in [2.05, 4.69) is 4.98 Å². The lowest BCUT2D eigenvalue weighted by atomic mass is 10.2. The predicted octanol–water partition coefficient (Wildman–Crippen LogP) is 3.00. The summed E-state index contributed by atoms with van der Waals surface area (Å²) in [7, 11) is 1.60. The van der Waals surface area contributed by atoms with E-state index < -0.39 is 5.97 Å². The zero-order chi connectivity index (χ0) is 17.7. The van der Waals surface area contributed by atoms with E-state index in [1.54, 1.807) is 7.11 Å². The minimum absolute atomic E-state index is 0.183. The fraction of sp³-hybridized carbons (Fsp3) is 0.353. The van der Waals surface area contributed by atoms with Crippen molar-refractivity contribution in [3.05, 3.63) is 35.3 Å². The summed E-state index contributed by atoms with van der Waals surface area (Å²) >= 11 is 1.25. The molecule has 0 atom stereocenters. The van der Waals surface area contributed by atoms with Gasteiger partial charge in [0.25, 0.3) is 5.91 Å². The van der Waals surface area contributed by atoms with Crippen LogP contribution in [0.4, 0.5) is 0 Å². The highest BCUT2D eigenvalue weighted by atomic mass is 32.1. The van der Waals surface area contributed by atoms with Gasteiger partial charge in [-0.3, -0.25) is 9.59 Å². The van der Waals surface area contributed by atoms with Gasteiger partial charge in [0.05, 0.1) is 13.3 Å². The molecule has 24 heavy (non-hydrogen) atoms. The molecule has 0 aliphatic carbocycles. The number of carbonyl (C=O) groups excluding carboxylic acids is 1. The van der Waals surface area contributed by atoms with Crippen LogP contribution in [0, 0.1) is 5.92 Å². The van der Waals surface area contributed by atoms with Gasteiger partial charge in [-0.15, -0.1) is 11.3 Å². The number of carboxylic acids is 1. The third-order valence-electron chi connectivity index (χ3n) is 3.25. The molecule has 0 aliphatic heterocycles. The summed E-state index contributed by atoms with van der Waals surface area (Å²) in [4.78, 5) is 29.6. The molecule has 6 nitrogen and oxygen atoms in total. The first kappa shape index (κ1) is 17.9. The average Bonchev–Trinajstić information content (AvgIpc) is 3.02. The molecule has 7 heteroatoms. The number of ether oxygens (including phenoxy) is 1. The van der Waals surface area contributed by atoms with E-state index >= 15 is 0 Å². The Morgan fingerprint density at radius 2 is 1.96 bits per heavy atom. The number of rotatable bonds is 7. The number of hydrogen-bond donors (Lipinski definition) is 1. The number of carbonyl (C=O) groups is 2. The number of benzene rings is 1. The first-order valence-electron chi connectivity index (χ1n) is 7.52. The van der Waals surface area contributed by atoms with Crippen LogP contribution in [-0.4, -0.2) is 47.1 Å². The molecule has 0 radical (unpaired) electrons. The smallest absolute Gasteiger partial charge is 0.323 e. The Hall–Kier alpha value is -2.41. The minimum Gasteiger partial charge on any atom is -0.497 e. The van der Waals surface area contributed by atoms with E-state index in [-0.39, 0.29) is 18.4 Å². The van der Waals surface area contributed by atoms with E-state index in [9.17, 15) is 9.59 Å². The molecule has 1 aromatic heterocycles. The van der Waals surface area contributed by atoms with E-state index in [4.69, 9.17) is 9.84 Å². The van der Waals surface area contributed by atoms with Crippen LogP contribution in [0.15, 0.2) is 30.5 Å². The molecule has 0 bridgehead atoms. The highest BCUT2D eigenvalue weighted by Gasteiger charge is 2.22. The molecule has 1 heterocycles. The zero-order valence-electron chi connectivity index (χ0n) is 13.9. The zero-order valence-corrected chi connectivity index (χ0v) is 14.7. The molecule has 2 aromatic rings. The first-order chi connectivity index (χ1) is 11.4. The molecule has 0 saturated heterocycles. The van der Waals surface area contributed by atoms with Crippen molar-refractivity contribution in [1.29, 1.82) is 0 Å². The Morgan fingerprint density at radius 3 is 2.50 bits per heavy atom. The number of nitrogens with zero attached hydrogens (tertiary/aromatic N) is 2. The summed E-state index contributed by atoms with van der Waals surface area (Å²) in [6.07, 6.45) is 1.50. The van der Waals surface area contributed by atoms with Crippen molar-refractivity contribution < 1.29 is 19.4 Å². The topological polar surface area (TPSA) is 79.7 Å². The van der Waals surface area contributed by atoms with Crippen LogP contribution >= 0.6 is 11.3 Å². The maximum atomic E-state index is 12.6. The average molecular weight is 348 g/mol. The number of amides is 1. The van der Waals surface area contributed by atoms with Crippen LogP contribution in [0.5, 0.6) is 5.75 Å². The molecule has 1 N–H and O–H groups in total. The Bertz CT molecular complexity index is 710. The fourth-order valence-corrected chi connectivity index (χ4v) is 3.11. The lowest BCUT2D eigenvalue weighted by Gasteiger charge is -2.21. The third-order valence-corrected chi connectivity index (χ3v) is 4.29. The highest BCUT2D eigenvalue weighted by molar-refractivity contribution is 7.16. The van der Waals surface area contributed by atoms with Crippen LogP contribution in [-0.2, 0) is 4.79 Å². The van der Waals surface area contributed by atoms with Gasteiger partial charge in [0, 0.05) is 12.1 Å². The molecule has 0 aliphatic rings. The fourth-order valence-electron chi connectivity index (χ4n) is 2.22. The number of thiazole rings is 1. The maximum absolute atomic E-state index is 12.6. The van der Waals surface area contributed by atoms with Gasteiger partial charge in [-0.2, -0.15) is 0 Å². The minimum atomic E-state index is -1.02. The van der Waals surface area contributed by atoms with E-state index in [1.807, 2.05) is 38.1 Å². The number of hydrogen-bond acceptors (Lipinski definition) is 5. The second-order valence-corrected chi connectivity index (χ2v) is 6.76. The van der Waals surface area contributed by atoms with Crippen molar-refractivity contribution in [3.63, 3.8) is 0 Å². The quantitative estimate of drug-likeness (QED) is 0.832. The lowest BCUT2D eigenvalue weighted by Crippen LogP contribution is -2.37. The SMILES string of the molecule is COc1ccc(-c2ncc(C(=O)N(CC(=O)O)CC(C)C)s2)cc1. The lowest BCUT2D eigenvalue weighted by molar-refractivity contribution is -0.137. The van der Waals surface area contributed by atoms with Gasteiger partial charge in [-0.05, 0) is 30.2 Å². The number of aromatic nitrogens is 1. The van der Waals surface area contributed by atoms with Crippen molar-refractivity contribution in [1.82, 2.24) is 9.88 Å². The van der Waals surface area contributed by atoms with Crippen LogP contribution in [0.1, 0.15) is 23.5 Å². The molecule has 1 aromatic carbocycles. The van der Waals surface area contributed by atoms with E-state index in [1.165, 1.54) is 22.4 Å². The summed E-state index contributed by atoms with van der Waals surface area (Å²) in [6.45, 7) is 3.96. The van der Waals surface area contributed by atoms with Gasteiger partial charge in [0.2, 0.25) is 0 Å². The van der Waals surface area contributed by atoms with Crippen LogP contribution in [0.25, 0.3) is 10.6 Å². The van der Waals surface area contributed by atoms with Gasteiger partial charge in [0.1, 0.15) is 22.2 Å². The van der Waals surface area contributed by atoms with Crippen molar-refractivity contribution in [2.45, 2.75) is 13.8 Å². The van der Waals surface area contributed by atoms with Crippen molar-refractivity contribution in [2.75, 3.05) is 20.2 Å². The second kappa shape index (κ2) is 7.92. The van der Waals surface area contributed by atoms with Crippen molar-refractivity contribution >= 4 is 23.2 Å². The van der Waals surface area contributed by atoms with Gasteiger partial charge in [-0.1, -0.05) is 13.8 Å². The molecule has 2 rings (SSSR count). The summed E-state index contributed by atoms with van der Waals surface area (Å²) < 4.78 is 5.12. The normalized spacial score (nSPS) is 10.7. The van der Waals surface area contributed by atoms with Crippen molar-refractivity contribution in [2.24, 2.45) is 5.92 Å². The molecule has 0 spiro atoms. The summed E-state index contributed by atoms with van der Waals surface area (Å²) in [6, 6.07) is 7.39. The van der Waals surface area contributed by atoms with Crippen LogP contribution < -0.4 is 4.74 Å². The van der Waals surface area contributed by atoms with Crippen LogP contribution in [0.2, 0.25) is 0 Å². The van der Waals surface area contributed by atoms with Gasteiger partial charge >= 0.3 is 5.97 Å². The number of carboxylic acid groups (broad SMARTS) is 1. The standard InChI is InChI=1S/C17H20N2O4S/c1-11(2)9-19(10-15(20)21)17(22)14-8-18-16(24-14)12-4-6-13(23-3)7-5-12/h4-8,11H,9-10H2,1-3H3,(H,20,21). The van der Waals surface area contributed by atoms with E-state index in [0.29, 0.717) is 16.4 Å². The highest BCUT2D eigenvalue weighted by Crippen LogP contribution is 2.27. The first-order valence-corrected chi connectivity index (χ1v) is 8.33. The molecule has 1 amide bonds. The molecule has 0 fully saturated rings. The Balaban J connectivity index is 2.20. The summed E-state index contributed by atoms with van der Waals surface area (Å²) in [5, 5.41) is 9.72. The molecular weight excluding hydrogens is 328 g/mol. The number of methoxy groups -OCH3 is 1. The molecular formula is C17H20N2O4S. The largest absolute Gasteiger partial charge is 0.497 e. The molecule has 0 unspecified atom stereocenters. The van der Waals surface area contributed by atoms with E-state index in [0.717, 1.165) is 11.3 Å². The van der Waals surface area contributed by atoms with Gasteiger partial charge in [-0.25, -0.2) is 4.98 Å². The second-order valence-electron chi connectivity index (χ2n) is 5.73. The number of aliphatic carboxylic acids is 1. The molecule has 0 saturated carbocycles. The Morgan fingerprint density at radius 1 is 1.29 bits per heavy atom. The van der Waals surface area contributed by atoms with Crippen LogP contribution in [0.3, 0.4) is 0 Å². The molecule has 128 valence electrons. The Labute approximate surface area is 144 Å². The van der Waals surface area contributed by atoms with Gasteiger partial charge < -0.3 is 14.7 Å².